The van der Waals surface area contributed by atoms with Crippen LogP contribution in [0.1, 0.15) is 38.3 Å². The van der Waals surface area contributed by atoms with Gasteiger partial charge in [-0.15, -0.1) is 0 Å². The van der Waals surface area contributed by atoms with Gasteiger partial charge in [-0.2, -0.15) is 0 Å². The lowest BCUT2D eigenvalue weighted by Gasteiger charge is -2.27. The van der Waals surface area contributed by atoms with Gasteiger partial charge >= 0.3 is 0 Å². The Hall–Kier alpha value is -3.21. The second-order valence-corrected chi connectivity index (χ2v) is 7.66. The van der Waals surface area contributed by atoms with Crippen molar-refractivity contribution in [3.8, 4) is 17.2 Å². The summed E-state index contributed by atoms with van der Waals surface area (Å²) in [6.07, 6.45) is 6.72. The van der Waals surface area contributed by atoms with Gasteiger partial charge in [-0.3, -0.25) is 4.98 Å². The van der Waals surface area contributed by atoms with Crippen LogP contribution in [0.4, 0.5) is 11.4 Å². The molecule has 1 fully saturated rings. The van der Waals surface area contributed by atoms with Crippen LogP contribution in [0, 0.1) is 0 Å². The van der Waals surface area contributed by atoms with Crippen LogP contribution in [0.25, 0.3) is 0 Å². The predicted octanol–water partition coefficient (Wildman–Crippen LogP) is 6.15. The Kier molecular flexibility index (Phi) is 6.92. The van der Waals surface area contributed by atoms with Crippen LogP contribution in [-0.2, 0) is 6.54 Å². The molecule has 0 unspecified atom stereocenters. The second-order valence-electron chi connectivity index (χ2n) is 7.66. The molecule has 0 aliphatic heterocycles. The van der Waals surface area contributed by atoms with E-state index in [4.69, 9.17) is 14.2 Å². The molecule has 1 aliphatic rings. The maximum atomic E-state index is 6.34. The normalized spacial score (nSPS) is 13.7. The zero-order chi connectivity index (χ0) is 21.5. The lowest BCUT2D eigenvalue weighted by molar-refractivity contribution is 0.201. The average molecular weight is 419 g/mol. The summed E-state index contributed by atoms with van der Waals surface area (Å²) in [7, 11) is 1.69. The van der Waals surface area contributed by atoms with Gasteiger partial charge in [-0.05, 0) is 69.0 Å². The van der Waals surface area contributed by atoms with Crippen molar-refractivity contribution in [1.29, 1.82) is 0 Å². The highest BCUT2D eigenvalue weighted by Crippen LogP contribution is 2.38. The van der Waals surface area contributed by atoms with Crippen LogP contribution in [-0.4, -0.2) is 24.8 Å². The first kappa shape index (κ1) is 21.0. The highest BCUT2D eigenvalue weighted by Gasteiger charge is 2.21. The Bertz CT molecular complexity index is 971. The van der Waals surface area contributed by atoms with E-state index in [0.717, 1.165) is 47.2 Å². The van der Waals surface area contributed by atoms with Gasteiger partial charge in [0.25, 0.3) is 0 Å². The van der Waals surface area contributed by atoms with E-state index in [0.29, 0.717) is 13.2 Å². The molecule has 0 bridgehead atoms. The third kappa shape index (κ3) is 5.10. The van der Waals surface area contributed by atoms with Crippen molar-refractivity contribution < 1.29 is 14.2 Å². The molecule has 5 heteroatoms. The standard InChI is InChI=1S/C26H30N2O3/c1-3-30-24-14-9-17-27-23(24)19-28(20-10-5-4-6-11-20)21-15-16-25(29-2)26(18-21)31-22-12-7-8-13-22/h4-6,9-11,14-18,22H,3,7-8,12-13,19H2,1-2H3. The van der Waals surface area contributed by atoms with E-state index >= 15 is 0 Å². The topological polar surface area (TPSA) is 43.8 Å². The molecule has 0 N–H and O–H groups in total. The third-order valence-corrected chi connectivity index (χ3v) is 5.58. The molecule has 0 radical (unpaired) electrons. The highest BCUT2D eigenvalue weighted by molar-refractivity contribution is 5.66. The number of hydrogen-bond donors (Lipinski definition) is 0. The summed E-state index contributed by atoms with van der Waals surface area (Å²) in [5.74, 6) is 2.36. The molecule has 162 valence electrons. The molecular formula is C26H30N2O3. The number of pyridine rings is 1. The molecule has 0 saturated heterocycles. The Morgan fingerprint density at radius 2 is 1.71 bits per heavy atom. The zero-order valence-corrected chi connectivity index (χ0v) is 18.3. The Balaban J connectivity index is 1.70. The number of ether oxygens (including phenoxy) is 3. The van der Waals surface area contributed by atoms with Gasteiger partial charge < -0.3 is 19.1 Å². The lowest BCUT2D eigenvalue weighted by Crippen LogP contribution is -2.19. The molecule has 31 heavy (non-hydrogen) atoms. The summed E-state index contributed by atoms with van der Waals surface area (Å²) in [5.41, 5.74) is 2.99. The summed E-state index contributed by atoms with van der Waals surface area (Å²) in [4.78, 5) is 6.83. The SMILES string of the molecule is CCOc1cccnc1CN(c1ccccc1)c1ccc(OC)c(OC2CCCC2)c1. The molecule has 0 spiro atoms. The van der Waals surface area contributed by atoms with E-state index in [1.165, 1.54) is 12.8 Å². The fourth-order valence-corrected chi connectivity index (χ4v) is 4.03. The van der Waals surface area contributed by atoms with Crippen LogP contribution in [0.15, 0.2) is 66.9 Å². The van der Waals surface area contributed by atoms with Crippen molar-refractivity contribution in [2.24, 2.45) is 0 Å². The molecule has 1 aromatic heterocycles. The summed E-state index contributed by atoms with van der Waals surface area (Å²) >= 11 is 0. The molecule has 5 nitrogen and oxygen atoms in total. The molecule has 4 rings (SSSR count). The van der Waals surface area contributed by atoms with E-state index in [9.17, 15) is 0 Å². The highest BCUT2D eigenvalue weighted by atomic mass is 16.5. The number of aromatic nitrogens is 1. The second kappa shape index (κ2) is 10.2. The van der Waals surface area contributed by atoms with Gasteiger partial charge in [-0.1, -0.05) is 18.2 Å². The van der Waals surface area contributed by atoms with Gasteiger partial charge in [0, 0.05) is 23.6 Å². The van der Waals surface area contributed by atoms with E-state index in [1.807, 2.05) is 49.5 Å². The Morgan fingerprint density at radius 3 is 2.45 bits per heavy atom. The lowest BCUT2D eigenvalue weighted by atomic mass is 10.2. The number of rotatable bonds is 9. The van der Waals surface area contributed by atoms with E-state index in [1.54, 1.807) is 7.11 Å². The Labute approximate surface area is 184 Å². The molecule has 0 atom stereocenters. The minimum atomic E-state index is 0.259. The van der Waals surface area contributed by atoms with Gasteiger partial charge in [0.15, 0.2) is 11.5 Å². The maximum Gasteiger partial charge on any atom is 0.163 e. The largest absolute Gasteiger partial charge is 0.493 e. The van der Waals surface area contributed by atoms with E-state index in [2.05, 4.69) is 34.1 Å². The molecule has 1 saturated carbocycles. The smallest absolute Gasteiger partial charge is 0.163 e. The van der Waals surface area contributed by atoms with Crippen molar-refractivity contribution in [2.75, 3.05) is 18.6 Å². The average Bonchev–Trinajstić information content (AvgIpc) is 3.32. The van der Waals surface area contributed by atoms with Crippen molar-refractivity contribution >= 4 is 11.4 Å². The number of nitrogens with zero attached hydrogens (tertiary/aromatic N) is 2. The van der Waals surface area contributed by atoms with Crippen molar-refractivity contribution in [1.82, 2.24) is 4.98 Å². The molecule has 2 aromatic carbocycles. The van der Waals surface area contributed by atoms with E-state index < -0.39 is 0 Å². The monoisotopic (exact) mass is 418 g/mol. The maximum absolute atomic E-state index is 6.34. The summed E-state index contributed by atoms with van der Waals surface area (Å²) < 4.78 is 17.8. The fraction of sp³-hybridized carbons (Fsp3) is 0.346. The minimum absolute atomic E-state index is 0.259. The summed E-state index contributed by atoms with van der Waals surface area (Å²) in [6, 6.07) is 20.3. The van der Waals surface area contributed by atoms with Crippen LogP contribution in [0.2, 0.25) is 0 Å². The summed E-state index contributed by atoms with van der Waals surface area (Å²) in [6.45, 7) is 3.17. The minimum Gasteiger partial charge on any atom is -0.493 e. The summed E-state index contributed by atoms with van der Waals surface area (Å²) in [5, 5.41) is 0. The number of methoxy groups -OCH3 is 1. The fourth-order valence-electron chi connectivity index (χ4n) is 4.03. The van der Waals surface area contributed by atoms with Crippen molar-refractivity contribution in [2.45, 2.75) is 45.3 Å². The molecule has 1 aliphatic carbocycles. The molecule has 0 amide bonds. The van der Waals surface area contributed by atoms with Gasteiger partial charge in [-0.25, -0.2) is 0 Å². The van der Waals surface area contributed by atoms with Gasteiger partial charge in [0.05, 0.1) is 26.4 Å². The van der Waals surface area contributed by atoms with Crippen LogP contribution >= 0.6 is 0 Å². The zero-order valence-electron chi connectivity index (χ0n) is 18.3. The predicted molar refractivity (Wildman–Crippen MR) is 124 cm³/mol. The van der Waals surface area contributed by atoms with Crippen molar-refractivity contribution in [3.05, 3.63) is 72.6 Å². The molecule has 3 aromatic rings. The number of benzene rings is 2. The van der Waals surface area contributed by atoms with Crippen LogP contribution in [0.3, 0.4) is 0 Å². The van der Waals surface area contributed by atoms with Crippen molar-refractivity contribution in [3.63, 3.8) is 0 Å². The number of anilines is 2. The Morgan fingerprint density at radius 1 is 0.903 bits per heavy atom. The van der Waals surface area contributed by atoms with Crippen LogP contribution in [0.5, 0.6) is 17.2 Å². The van der Waals surface area contributed by atoms with Crippen LogP contribution < -0.4 is 19.1 Å². The van der Waals surface area contributed by atoms with Gasteiger partial charge in [0.2, 0.25) is 0 Å². The number of para-hydroxylation sites is 1. The third-order valence-electron chi connectivity index (χ3n) is 5.58. The van der Waals surface area contributed by atoms with E-state index in [-0.39, 0.29) is 6.10 Å². The first-order valence-corrected chi connectivity index (χ1v) is 11.0. The molecule has 1 heterocycles. The first-order chi connectivity index (χ1) is 15.3. The first-order valence-electron chi connectivity index (χ1n) is 11.0. The number of hydrogen-bond acceptors (Lipinski definition) is 5. The molecular weight excluding hydrogens is 388 g/mol. The van der Waals surface area contributed by atoms with Gasteiger partial charge in [0.1, 0.15) is 11.4 Å². The quantitative estimate of drug-likeness (QED) is 0.417.